The summed E-state index contributed by atoms with van der Waals surface area (Å²) < 4.78 is 0. The van der Waals surface area contributed by atoms with Crippen LogP contribution in [0.3, 0.4) is 0 Å². The fourth-order valence-electron chi connectivity index (χ4n) is 0.627. The number of aliphatic hydroxyl groups excluding tert-OH is 3. The summed E-state index contributed by atoms with van der Waals surface area (Å²) in [7, 11) is 0. The third kappa shape index (κ3) is 4.05. The van der Waals surface area contributed by atoms with Gasteiger partial charge in [0, 0.05) is 6.04 Å². The van der Waals surface area contributed by atoms with Crippen molar-refractivity contribution in [2.24, 2.45) is 5.73 Å². The lowest BCUT2D eigenvalue weighted by molar-refractivity contribution is -0.115. The molecule has 11 heavy (non-hydrogen) atoms. The average molecular weight is 163 g/mol. The zero-order valence-corrected chi connectivity index (χ0v) is 6.05. The van der Waals surface area contributed by atoms with E-state index in [0.717, 1.165) is 0 Å². The first-order chi connectivity index (χ1) is 5.11. The Balaban J connectivity index is 3.66. The largest absolute Gasteiger partial charge is 0.394 e. The zero-order chi connectivity index (χ0) is 8.85. The normalized spacial score (nSPS) is 18.9. The van der Waals surface area contributed by atoms with Crippen LogP contribution >= 0.6 is 0 Å². The molecule has 0 saturated carbocycles. The van der Waals surface area contributed by atoms with E-state index in [-0.39, 0.29) is 6.42 Å². The predicted octanol–water partition coefficient (Wildman–Crippen LogP) is -2.38. The molecule has 0 rings (SSSR count). The Kier molecular flexibility index (Phi) is 4.97. The predicted molar refractivity (Wildman–Crippen MR) is 37.8 cm³/mol. The van der Waals surface area contributed by atoms with Crippen LogP contribution in [0.15, 0.2) is 0 Å². The van der Waals surface area contributed by atoms with Crippen LogP contribution < -0.4 is 5.73 Å². The molecule has 0 aromatic carbocycles. The third-order valence-electron chi connectivity index (χ3n) is 1.35. The van der Waals surface area contributed by atoms with E-state index in [1.165, 1.54) is 0 Å². The monoisotopic (exact) mass is 163 g/mol. The Morgan fingerprint density at radius 1 is 1.45 bits per heavy atom. The highest BCUT2D eigenvalue weighted by molar-refractivity contribution is 5.55. The van der Waals surface area contributed by atoms with Gasteiger partial charge in [0.25, 0.3) is 0 Å². The van der Waals surface area contributed by atoms with Crippen LogP contribution in [0.5, 0.6) is 0 Å². The van der Waals surface area contributed by atoms with Gasteiger partial charge in [-0.1, -0.05) is 0 Å². The molecule has 0 aliphatic carbocycles. The Morgan fingerprint density at radius 2 is 2.00 bits per heavy atom. The van der Waals surface area contributed by atoms with E-state index in [1.54, 1.807) is 0 Å². The van der Waals surface area contributed by atoms with Crippen LogP contribution in [0.25, 0.3) is 0 Å². The Bertz CT molecular complexity index is 119. The fraction of sp³-hybridized carbons (Fsp3) is 0.833. The van der Waals surface area contributed by atoms with E-state index in [1.807, 2.05) is 0 Å². The van der Waals surface area contributed by atoms with E-state index in [4.69, 9.17) is 21.1 Å². The number of aldehydes is 1. The minimum absolute atomic E-state index is 0.0365. The number of hydrogen-bond donors (Lipinski definition) is 4. The minimum atomic E-state index is -1.16. The van der Waals surface area contributed by atoms with Gasteiger partial charge in [0.05, 0.1) is 12.7 Å². The molecule has 66 valence electrons. The molecule has 0 aliphatic rings. The summed E-state index contributed by atoms with van der Waals surface area (Å²) in [5, 5.41) is 26.0. The van der Waals surface area contributed by atoms with Crippen LogP contribution in [0, 0.1) is 0 Å². The van der Waals surface area contributed by atoms with E-state index >= 15 is 0 Å². The second-order valence-electron chi connectivity index (χ2n) is 2.35. The average Bonchev–Trinajstić information content (AvgIpc) is 2.02. The molecule has 0 saturated heterocycles. The van der Waals surface area contributed by atoms with E-state index in [2.05, 4.69) is 0 Å². The van der Waals surface area contributed by atoms with Crippen molar-refractivity contribution in [1.82, 2.24) is 0 Å². The Morgan fingerprint density at radius 3 is 2.36 bits per heavy atom. The van der Waals surface area contributed by atoms with Crippen LogP contribution in [0.2, 0.25) is 0 Å². The van der Waals surface area contributed by atoms with Crippen molar-refractivity contribution >= 4 is 6.29 Å². The van der Waals surface area contributed by atoms with E-state index in [9.17, 15) is 4.79 Å². The maximum atomic E-state index is 9.90. The molecule has 0 radical (unpaired) electrons. The summed E-state index contributed by atoms with van der Waals surface area (Å²) in [5.41, 5.74) is 5.28. The van der Waals surface area contributed by atoms with Gasteiger partial charge in [0.1, 0.15) is 12.4 Å². The van der Waals surface area contributed by atoms with Crippen molar-refractivity contribution in [3.63, 3.8) is 0 Å². The van der Waals surface area contributed by atoms with Crippen molar-refractivity contribution in [3.05, 3.63) is 0 Å². The summed E-state index contributed by atoms with van der Waals surface area (Å²) in [6, 6.07) is -0.764. The molecule has 0 spiro atoms. The molecule has 5 N–H and O–H groups in total. The van der Waals surface area contributed by atoms with Gasteiger partial charge in [-0.2, -0.15) is 0 Å². The molecule has 5 heteroatoms. The Labute approximate surface area is 64.4 Å². The van der Waals surface area contributed by atoms with Crippen LogP contribution in [0.1, 0.15) is 6.42 Å². The van der Waals surface area contributed by atoms with Gasteiger partial charge in [0.15, 0.2) is 0 Å². The number of rotatable bonds is 5. The highest BCUT2D eigenvalue weighted by Gasteiger charge is 2.16. The smallest absolute Gasteiger partial charge is 0.148 e. The van der Waals surface area contributed by atoms with Gasteiger partial charge in [-0.15, -0.1) is 0 Å². The summed E-state index contributed by atoms with van der Waals surface area (Å²) in [6.45, 7) is -0.466. The lowest BCUT2D eigenvalue weighted by atomic mass is 10.1. The van der Waals surface area contributed by atoms with Crippen LogP contribution in [0.4, 0.5) is 0 Å². The molecule has 5 nitrogen and oxygen atoms in total. The topological polar surface area (TPSA) is 104 Å². The number of carbonyl (C=O) groups is 1. The molecule has 0 amide bonds. The summed E-state index contributed by atoms with van der Waals surface area (Å²) >= 11 is 0. The lowest BCUT2D eigenvalue weighted by Gasteiger charge is -2.16. The molecular formula is C6H13NO4. The summed E-state index contributed by atoms with van der Waals surface area (Å²) in [6.07, 6.45) is -1.94. The fourth-order valence-corrected chi connectivity index (χ4v) is 0.627. The highest BCUT2D eigenvalue weighted by atomic mass is 16.3. The molecule has 0 bridgehead atoms. The number of hydrogen-bond acceptors (Lipinski definition) is 5. The van der Waals surface area contributed by atoms with Gasteiger partial charge in [-0.25, -0.2) is 0 Å². The maximum Gasteiger partial charge on any atom is 0.148 e. The molecule has 3 atom stereocenters. The summed E-state index contributed by atoms with van der Waals surface area (Å²) in [5.74, 6) is 0. The molecule has 0 aliphatic heterocycles. The summed E-state index contributed by atoms with van der Waals surface area (Å²) in [4.78, 5) is 9.90. The maximum absolute atomic E-state index is 9.90. The Hall–Kier alpha value is -0.490. The molecule has 0 unspecified atom stereocenters. The van der Waals surface area contributed by atoms with Gasteiger partial charge in [-0.3, -0.25) is 0 Å². The van der Waals surface area contributed by atoms with Gasteiger partial charge in [-0.05, 0) is 6.42 Å². The first-order valence-electron chi connectivity index (χ1n) is 3.29. The second-order valence-corrected chi connectivity index (χ2v) is 2.35. The van der Waals surface area contributed by atoms with Gasteiger partial charge >= 0.3 is 0 Å². The number of carbonyl (C=O) groups excluding carboxylic acids is 1. The number of aliphatic hydroxyl groups is 3. The first kappa shape index (κ1) is 10.5. The first-order valence-corrected chi connectivity index (χ1v) is 3.29. The standard InChI is InChI=1S/C6H13NO4/c7-5(6(11)3-9)1-4(10)2-8/h2,4-6,9-11H,1,3,7H2/t4-,5+,6-/m1/s1. The van der Waals surface area contributed by atoms with Crippen LogP contribution in [-0.4, -0.2) is 46.5 Å². The SMILES string of the molecule is N[C@@H](C[C@@H](O)C=O)[C@H](O)CO. The zero-order valence-electron chi connectivity index (χ0n) is 6.05. The third-order valence-corrected chi connectivity index (χ3v) is 1.35. The molecule has 0 aromatic heterocycles. The minimum Gasteiger partial charge on any atom is -0.394 e. The van der Waals surface area contributed by atoms with Gasteiger partial charge < -0.3 is 25.8 Å². The second kappa shape index (κ2) is 5.20. The molecule has 0 heterocycles. The molecule has 0 fully saturated rings. The van der Waals surface area contributed by atoms with Crippen molar-refractivity contribution in [2.75, 3.05) is 6.61 Å². The molecular weight excluding hydrogens is 150 g/mol. The molecule has 0 aromatic rings. The number of nitrogens with two attached hydrogens (primary N) is 1. The van der Waals surface area contributed by atoms with Crippen LogP contribution in [-0.2, 0) is 4.79 Å². The quantitative estimate of drug-likeness (QED) is 0.339. The van der Waals surface area contributed by atoms with Crippen molar-refractivity contribution in [1.29, 1.82) is 0 Å². The van der Waals surface area contributed by atoms with Crippen molar-refractivity contribution < 1.29 is 20.1 Å². The lowest BCUT2D eigenvalue weighted by Crippen LogP contribution is -2.40. The van der Waals surface area contributed by atoms with E-state index in [0.29, 0.717) is 6.29 Å². The highest BCUT2D eigenvalue weighted by Crippen LogP contribution is 1.98. The van der Waals surface area contributed by atoms with Gasteiger partial charge in [0.2, 0.25) is 0 Å². The van der Waals surface area contributed by atoms with Crippen molar-refractivity contribution in [3.8, 4) is 0 Å². The van der Waals surface area contributed by atoms with Crippen molar-refractivity contribution in [2.45, 2.75) is 24.7 Å². The van der Waals surface area contributed by atoms with E-state index < -0.39 is 24.9 Å².